The van der Waals surface area contributed by atoms with E-state index in [1.54, 1.807) is 12.1 Å². The van der Waals surface area contributed by atoms with E-state index in [0.29, 0.717) is 17.1 Å². The van der Waals surface area contributed by atoms with Crippen LogP contribution in [0, 0.1) is 5.82 Å². The number of rotatable bonds is 8. The van der Waals surface area contributed by atoms with Gasteiger partial charge >= 0.3 is 0 Å². The zero-order valence-electron chi connectivity index (χ0n) is 10.6. The molecule has 1 aromatic rings. The van der Waals surface area contributed by atoms with Crippen LogP contribution in [0.5, 0.6) is 0 Å². The number of aliphatic hydroxyl groups is 1. The summed E-state index contributed by atoms with van der Waals surface area (Å²) in [5.41, 5.74) is 0. The first-order chi connectivity index (χ1) is 8.67. The highest BCUT2D eigenvalue weighted by atomic mass is 32.2. The molecule has 0 aliphatic rings. The van der Waals surface area contributed by atoms with Crippen molar-refractivity contribution >= 4 is 10.8 Å². The maximum atomic E-state index is 13.0. The van der Waals surface area contributed by atoms with Crippen LogP contribution < -0.4 is 5.32 Å². The van der Waals surface area contributed by atoms with Crippen LogP contribution in [0.3, 0.4) is 0 Å². The fourth-order valence-electron chi connectivity index (χ4n) is 1.64. The third-order valence-corrected chi connectivity index (χ3v) is 4.06. The van der Waals surface area contributed by atoms with E-state index < -0.39 is 10.8 Å². The quantitative estimate of drug-likeness (QED) is 0.757. The molecule has 102 valence electrons. The van der Waals surface area contributed by atoms with Gasteiger partial charge in [0.25, 0.3) is 0 Å². The molecule has 0 aromatic heterocycles. The lowest BCUT2D eigenvalue weighted by Crippen LogP contribution is -2.35. The number of aliphatic hydroxyl groups excluding tert-OH is 1. The fraction of sp³-hybridized carbons (Fsp3) is 0.538. The normalized spacial score (nSPS) is 14.4. The molecule has 1 aromatic carbocycles. The predicted molar refractivity (Wildman–Crippen MR) is 71.5 cm³/mol. The minimum absolute atomic E-state index is 0.000879. The van der Waals surface area contributed by atoms with E-state index in [-0.39, 0.29) is 18.5 Å². The predicted octanol–water partition coefficient (Wildman–Crippen LogP) is 1.68. The molecule has 0 heterocycles. The molecule has 0 spiro atoms. The molecular weight excluding hydrogens is 253 g/mol. The summed E-state index contributed by atoms with van der Waals surface area (Å²) in [5.74, 6) is 0.0189. The van der Waals surface area contributed by atoms with E-state index in [2.05, 4.69) is 5.32 Å². The molecule has 0 aliphatic heterocycles. The van der Waals surface area contributed by atoms with E-state index in [1.165, 1.54) is 12.1 Å². The van der Waals surface area contributed by atoms with E-state index in [4.69, 9.17) is 5.11 Å². The molecule has 18 heavy (non-hydrogen) atoms. The Kier molecular flexibility index (Phi) is 7.08. The SMILES string of the molecule is CCCNC(CCO)CS(=O)c1cccc(F)c1. The Bertz CT molecular complexity index is 387. The summed E-state index contributed by atoms with van der Waals surface area (Å²) in [4.78, 5) is 0.497. The third-order valence-electron chi connectivity index (χ3n) is 2.57. The minimum atomic E-state index is -1.24. The van der Waals surface area contributed by atoms with Gasteiger partial charge in [-0.15, -0.1) is 0 Å². The molecule has 3 nitrogen and oxygen atoms in total. The number of hydrogen-bond acceptors (Lipinski definition) is 3. The van der Waals surface area contributed by atoms with Gasteiger partial charge in [-0.3, -0.25) is 4.21 Å². The molecule has 0 bridgehead atoms. The Labute approximate surface area is 110 Å². The Morgan fingerprint density at radius 2 is 2.28 bits per heavy atom. The molecule has 1 rings (SSSR count). The van der Waals surface area contributed by atoms with Crippen molar-refractivity contribution in [3.63, 3.8) is 0 Å². The summed E-state index contributed by atoms with van der Waals surface area (Å²) in [5, 5.41) is 12.2. The zero-order chi connectivity index (χ0) is 13.4. The molecule has 0 fully saturated rings. The van der Waals surface area contributed by atoms with Crippen LogP contribution in [-0.2, 0) is 10.8 Å². The van der Waals surface area contributed by atoms with Crippen molar-refractivity contribution in [2.24, 2.45) is 0 Å². The Hall–Kier alpha value is -0.780. The number of benzene rings is 1. The Morgan fingerprint density at radius 3 is 2.89 bits per heavy atom. The van der Waals surface area contributed by atoms with E-state index in [0.717, 1.165) is 13.0 Å². The van der Waals surface area contributed by atoms with E-state index in [1.807, 2.05) is 6.92 Å². The average molecular weight is 273 g/mol. The Balaban J connectivity index is 2.59. The monoisotopic (exact) mass is 273 g/mol. The molecular formula is C13H20FNO2S. The second kappa shape index (κ2) is 8.34. The lowest BCUT2D eigenvalue weighted by Gasteiger charge is -2.16. The van der Waals surface area contributed by atoms with Crippen LogP contribution in [0.15, 0.2) is 29.2 Å². The zero-order valence-corrected chi connectivity index (χ0v) is 11.4. The van der Waals surface area contributed by atoms with Crippen molar-refractivity contribution in [1.82, 2.24) is 5.32 Å². The van der Waals surface area contributed by atoms with Crippen molar-refractivity contribution in [2.45, 2.75) is 30.7 Å². The Morgan fingerprint density at radius 1 is 1.50 bits per heavy atom. The van der Waals surface area contributed by atoms with E-state index in [9.17, 15) is 8.60 Å². The molecule has 2 unspecified atom stereocenters. The van der Waals surface area contributed by atoms with E-state index >= 15 is 0 Å². The summed E-state index contributed by atoms with van der Waals surface area (Å²) >= 11 is 0. The molecule has 0 radical (unpaired) electrons. The standard InChI is InChI=1S/C13H20FNO2S/c1-2-7-15-12(6-8-16)10-18(17)13-5-3-4-11(14)9-13/h3-5,9,12,15-16H,2,6-8,10H2,1H3. The van der Waals surface area contributed by atoms with Crippen LogP contribution >= 0.6 is 0 Å². The minimum Gasteiger partial charge on any atom is -0.396 e. The van der Waals surface area contributed by atoms with Crippen molar-refractivity contribution in [3.05, 3.63) is 30.1 Å². The smallest absolute Gasteiger partial charge is 0.124 e. The van der Waals surface area contributed by atoms with Crippen LogP contribution in [0.4, 0.5) is 4.39 Å². The van der Waals surface area contributed by atoms with Crippen molar-refractivity contribution < 1.29 is 13.7 Å². The first-order valence-electron chi connectivity index (χ1n) is 6.15. The molecule has 2 atom stereocenters. The van der Waals surface area contributed by atoms with Gasteiger partial charge in [-0.2, -0.15) is 0 Å². The van der Waals surface area contributed by atoms with Crippen LogP contribution in [0.2, 0.25) is 0 Å². The van der Waals surface area contributed by atoms with Gasteiger partial charge in [-0.25, -0.2) is 4.39 Å². The highest BCUT2D eigenvalue weighted by molar-refractivity contribution is 7.85. The molecule has 5 heteroatoms. The lowest BCUT2D eigenvalue weighted by molar-refractivity contribution is 0.270. The average Bonchev–Trinajstić information content (AvgIpc) is 2.36. The summed E-state index contributed by atoms with van der Waals surface area (Å²) in [6.07, 6.45) is 1.54. The van der Waals surface area contributed by atoms with Crippen molar-refractivity contribution in [3.8, 4) is 0 Å². The highest BCUT2D eigenvalue weighted by Crippen LogP contribution is 2.10. The van der Waals surface area contributed by atoms with Gasteiger partial charge in [0, 0.05) is 23.3 Å². The number of hydrogen-bond donors (Lipinski definition) is 2. The summed E-state index contributed by atoms with van der Waals surface area (Å²) < 4.78 is 25.1. The fourth-order valence-corrected chi connectivity index (χ4v) is 2.95. The second-order valence-corrected chi connectivity index (χ2v) is 5.63. The number of nitrogens with one attached hydrogen (secondary N) is 1. The van der Waals surface area contributed by atoms with Crippen molar-refractivity contribution in [2.75, 3.05) is 18.9 Å². The lowest BCUT2D eigenvalue weighted by atomic mass is 10.2. The van der Waals surface area contributed by atoms with Gasteiger partial charge < -0.3 is 10.4 Å². The number of halogens is 1. The topological polar surface area (TPSA) is 49.3 Å². The van der Waals surface area contributed by atoms with Crippen LogP contribution in [-0.4, -0.2) is 34.3 Å². The van der Waals surface area contributed by atoms with Crippen LogP contribution in [0.25, 0.3) is 0 Å². The first kappa shape index (κ1) is 15.3. The first-order valence-corrected chi connectivity index (χ1v) is 7.47. The van der Waals surface area contributed by atoms with Gasteiger partial charge in [0.05, 0.1) is 10.8 Å². The highest BCUT2D eigenvalue weighted by Gasteiger charge is 2.13. The van der Waals surface area contributed by atoms with Gasteiger partial charge in [0.15, 0.2) is 0 Å². The molecule has 0 saturated carbocycles. The van der Waals surface area contributed by atoms with Gasteiger partial charge in [-0.05, 0) is 37.6 Å². The summed E-state index contributed by atoms with van der Waals surface area (Å²) in [7, 11) is -1.24. The van der Waals surface area contributed by atoms with Gasteiger partial charge in [0.2, 0.25) is 0 Å². The van der Waals surface area contributed by atoms with Crippen LogP contribution in [0.1, 0.15) is 19.8 Å². The summed E-state index contributed by atoms with van der Waals surface area (Å²) in [6, 6.07) is 5.85. The van der Waals surface area contributed by atoms with Gasteiger partial charge in [-0.1, -0.05) is 13.0 Å². The van der Waals surface area contributed by atoms with Gasteiger partial charge in [0.1, 0.15) is 5.82 Å². The second-order valence-electron chi connectivity index (χ2n) is 4.13. The maximum absolute atomic E-state index is 13.0. The van der Waals surface area contributed by atoms with Crippen molar-refractivity contribution in [1.29, 1.82) is 0 Å². The molecule has 2 N–H and O–H groups in total. The maximum Gasteiger partial charge on any atom is 0.124 e. The molecule has 0 amide bonds. The third kappa shape index (κ3) is 5.25. The molecule has 0 saturated heterocycles. The molecule has 0 aliphatic carbocycles. The largest absolute Gasteiger partial charge is 0.396 e. The summed E-state index contributed by atoms with van der Waals surface area (Å²) in [6.45, 7) is 2.93.